The van der Waals surface area contributed by atoms with Crippen LogP contribution in [0.2, 0.25) is 0 Å². The smallest absolute Gasteiger partial charge is 0.243 e. The second-order valence-corrected chi connectivity index (χ2v) is 9.48. The predicted molar refractivity (Wildman–Crippen MR) is 146 cm³/mol. The van der Waals surface area contributed by atoms with Gasteiger partial charge in [0, 0.05) is 38.8 Å². The number of hydrogen-bond donors (Lipinski definition) is 2. The highest BCUT2D eigenvalue weighted by Crippen LogP contribution is 2.17. The molecule has 3 aromatic rings. The minimum Gasteiger partial charge on any atom is -0.489 e. The Morgan fingerprint density at radius 2 is 1.35 bits per heavy atom. The van der Waals surface area contributed by atoms with Crippen LogP contribution in [0.3, 0.4) is 0 Å². The van der Waals surface area contributed by atoms with Crippen molar-refractivity contribution >= 4 is 17.5 Å². The Kier molecular flexibility index (Phi) is 9.68. The molecular formula is C30H36N4O3. The van der Waals surface area contributed by atoms with Crippen LogP contribution in [0.4, 0.5) is 5.69 Å². The number of hydrogen-bond acceptors (Lipinski definition) is 5. The molecular weight excluding hydrogens is 464 g/mol. The second kappa shape index (κ2) is 13.6. The maximum absolute atomic E-state index is 11.9. The van der Waals surface area contributed by atoms with Crippen LogP contribution < -0.4 is 15.4 Å². The van der Waals surface area contributed by atoms with Gasteiger partial charge in [0.15, 0.2) is 0 Å². The molecule has 2 amide bonds. The van der Waals surface area contributed by atoms with Gasteiger partial charge in [-0.25, -0.2) is 0 Å². The van der Waals surface area contributed by atoms with Gasteiger partial charge >= 0.3 is 0 Å². The lowest BCUT2D eigenvalue weighted by atomic mass is 10.2. The Labute approximate surface area is 219 Å². The molecule has 2 N–H and O–H groups in total. The largest absolute Gasteiger partial charge is 0.489 e. The molecule has 0 saturated carbocycles. The third-order valence-corrected chi connectivity index (χ3v) is 6.40. The molecule has 0 aromatic heterocycles. The van der Waals surface area contributed by atoms with Gasteiger partial charge in [-0.3, -0.25) is 19.4 Å². The van der Waals surface area contributed by atoms with Gasteiger partial charge in [0.05, 0.1) is 6.54 Å². The topological polar surface area (TPSA) is 73.9 Å². The lowest BCUT2D eigenvalue weighted by molar-refractivity contribution is -0.122. The zero-order chi connectivity index (χ0) is 25.9. The Balaban J connectivity index is 1.19. The highest BCUT2D eigenvalue weighted by Gasteiger charge is 2.15. The molecule has 0 radical (unpaired) electrons. The van der Waals surface area contributed by atoms with E-state index in [9.17, 15) is 9.59 Å². The van der Waals surface area contributed by atoms with Crippen molar-refractivity contribution in [3.05, 3.63) is 95.6 Å². The number of carbonyl (C=O) groups is 2. The molecule has 0 unspecified atom stereocenters. The van der Waals surface area contributed by atoms with Crippen molar-refractivity contribution in [2.75, 3.05) is 38.0 Å². The van der Waals surface area contributed by atoms with Crippen molar-refractivity contribution in [1.82, 2.24) is 15.1 Å². The molecule has 194 valence electrons. The highest BCUT2D eigenvalue weighted by molar-refractivity contribution is 5.94. The van der Waals surface area contributed by atoms with Gasteiger partial charge in [0.1, 0.15) is 12.4 Å². The summed E-state index contributed by atoms with van der Waals surface area (Å²) in [5.41, 5.74) is 4.43. The lowest BCUT2D eigenvalue weighted by Gasteiger charge is -2.22. The summed E-state index contributed by atoms with van der Waals surface area (Å²) in [6.07, 6.45) is 1.13. The number of nitrogens with zero attached hydrogens (tertiary/aromatic N) is 2. The maximum Gasteiger partial charge on any atom is 0.243 e. The van der Waals surface area contributed by atoms with Crippen molar-refractivity contribution < 1.29 is 14.3 Å². The summed E-state index contributed by atoms with van der Waals surface area (Å²) in [5.74, 6) is 0.446. The van der Waals surface area contributed by atoms with E-state index in [1.807, 2.05) is 30.3 Å². The summed E-state index contributed by atoms with van der Waals surface area (Å²) in [4.78, 5) is 27.8. The van der Waals surface area contributed by atoms with Gasteiger partial charge < -0.3 is 15.4 Å². The van der Waals surface area contributed by atoms with Gasteiger partial charge in [0.2, 0.25) is 11.8 Å². The summed E-state index contributed by atoms with van der Waals surface area (Å²) in [6.45, 7) is 7.99. The minimum atomic E-state index is -0.232. The molecule has 1 fully saturated rings. The highest BCUT2D eigenvalue weighted by atomic mass is 16.5. The van der Waals surface area contributed by atoms with Crippen molar-refractivity contribution in [2.24, 2.45) is 0 Å². The van der Waals surface area contributed by atoms with Crippen LogP contribution in [0, 0.1) is 0 Å². The molecule has 7 nitrogen and oxygen atoms in total. The van der Waals surface area contributed by atoms with Crippen LogP contribution in [0.5, 0.6) is 5.75 Å². The fraction of sp³-hybridized carbons (Fsp3) is 0.333. The summed E-state index contributed by atoms with van der Waals surface area (Å²) in [7, 11) is 0. The molecule has 0 atom stereocenters. The van der Waals surface area contributed by atoms with E-state index in [1.165, 1.54) is 23.6 Å². The van der Waals surface area contributed by atoms with Crippen LogP contribution in [-0.2, 0) is 29.3 Å². The van der Waals surface area contributed by atoms with E-state index in [0.29, 0.717) is 6.61 Å². The standard InChI is InChI=1S/C30H36N4O3/c1-24(35)31-20-30(36)32-28-12-8-25(9-13-28)21-33-16-5-17-34(19-18-33)22-26-10-14-29(15-11-26)37-23-27-6-3-2-4-7-27/h2-4,6-15H,5,16-23H2,1H3,(H,31,35)(H,32,36). The number of anilines is 1. The molecule has 3 aromatic carbocycles. The van der Waals surface area contributed by atoms with Gasteiger partial charge in [-0.15, -0.1) is 0 Å². The van der Waals surface area contributed by atoms with E-state index in [1.54, 1.807) is 0 Å². The number of ether oxygens (including phenoxy) is 1. The minimum absolute atomic E-state index is 0.0203. The van der Waals surface area contributed by atoms with E-state index in [0.717, 1.165) is 57.1 Å². The average molecular weight is 501 g/mol. The normalized spacial score (nSPS) is 14.5. The van der Waals surface area contributed by atoms with Crippen molar-refractivity contribution in [3.8, 4) is 5.75 Å². The van der Waals surface area contributed by atoms with Crippen molar-refractivity contribution in [1.29, 1.82) is 0 Å². The second-order valence-electron chi connectivity index (χ2n) is 9.48. The third-order valence-electron chi connectivity index (χ3n) is 6.40. The van der Waals surface area contributed by atoms with E-state index in [2.05, 4.69) is 69.0 Å². The monoisotopic (exact) mass is 500 g/mol. The Bertz CT molecular complexity index is 1130. The molecule has 1 heterocycles. The van der Waals surface area contributed by atoms with E-state index in [4.69, 9.17) is 4.74 Å². The first-order valence-electron chi connectivity index (χ1n) is 12.9. The molecule has 0 bridgehead atoms. The van der Waals surface area contributed by atoms with E-state index in [-0.39, 0.29) is 18.4 Å². The van der Waals surface area contributed by atoms with Crippen LogP contribution in [0.1, 0.15) is 30.0 Å². The SMILES string of the molecule is CC(=O)NCC(=O)Nc1ccc(CN2CCCN(Cc3ccc(OCc4ccccc4)cc3)CC2)cc1. The maximum atomic E-state index is 11.9. The fourth-order valence-electron chi connectivity index (χ4n) is 4.39. The van der Waals surface area contributed by atoms with Crippen LogP contribution in [-0.4, -0.2) is 54.3 Å². The summed E-state index contributed by atoms with van der Waals surface area (Å²) in [5, 5.41) is 5.30. The zero-order valence-corrected chi connectivity index (χ0v) is 21.5. The van der Waals surface area contributed by atoms with Crippen molar-refractivity contribution in [3.63, 3.8) is 0 Å². The molecule has 0 spiro atoms. The molecule has 0 aliphatic carbocycles. The molecule has 7 heteroatoms. The molecule has 1 aliphatic rings. The molecule has 37 heavy (non-hydrogen) atoms. The van der Waals surface area contributed by atoms with Gasteiger partial charge in [-0.2, -0.15) is 0 Å². The first-order chi connectivity index (χ1) is 18.0. The zero-order valence-electron chi connectivity index (χ0n) is 21.5. The first-order valence-corrected chi connectivity index (χ1v) is 12.9. The number of carbonyl (C=O) groups excluding carboxylic acids is 2. The lowest BCUT2D eigenvalue weighted by Crippen LogP contribution is -2.31. The van der Waals surface area contributed by atoms with Gasteiger partial charge in [-0.05, 0) is 60.5 Å². The molecule has 1 saturated heterocycles. The van der Waals surface area contributed by atoms with Gasteiger partial charge in [0.25, 0.3) is 0 Å². The van der Waals surface area contributed by atoms with E-state index < -0.39 is 0 Å². The predicted octanol–water partition coefficient (Wildman–Crippen LogP) is 4.05. The number of amides is 2. The van der Waals surface area contributed by atoms with E-state index >= 15 is 0 Å². The molecule has 4 rings (SSSR count). The fourth-order valence-corrected chi connectivity index (χ4v) is 4.39. The summed E-state index contributed by atoms with van der Waals surface area (Å²) >= 11 is 0. The summed E-state index contributed by atoms with van der Waals surface area (Å²) < 4.78 is 5.92. The van der Waals surface area contributed by atoms with Gasteiger partial charge in [-0.1, -0.05) is 54.6 Å². The number of benzene rings is 3. The third kappa shape index (κ3) is 9.04. The van der Waals surface area contributed by atoms with Crippen molar-refractivity contribution in [2.45, 2.75) is 33.0 Å². The number of nitrogens with one attached hydrogen (secondary N) is 2. The quantitative estimate of drug-likeness (QED) is 0.440. The Hall–Kier alpha value is -3.68. The summed E-state index contributed by atoms with van der Waals surface area (Å²) in [6, 6.07) is 26.6. The Morgan fingerprint density at radius 3 is 1.95 bits per heavy atom. The molecule has 1 aliphatic heterocycles. The van der Waals surface area contributed by atoms with Crippen LogP contribution in [0.15, 0.2) is 78.9 Å². The Morgan fingerprint density at radius 1 is 0.757 bits per heavy atom. The average Bonchev–Trinajstić information content (AvgIpc) is 3.13. The van der Waals surface area contributed by atoms with Crippen LogP contribution >= 0.6 is 0 Å². The first kappa shape index (κ1) is 26.4. The number of rotatable bonds is 10. The van der Waals surface area contributed by atoms with Crippen LogP contribution in [0.25, 0.3) is 0 Å².